The third-order valence-corrected chi connectivity index (χ3v) is 5.14. The summed E-state index contributed by atoms with van der Waals surface area (Å²) < 4.78 is 0. The Morgan fingerprint density at radius 3 is 3.07 bits per heavy atom. The first kappa shape index (κ1) is 11.5. The van der Waals surface area contributed by atoms with Crippen LogP contribution in [0.15, 0.2) is 16.8 Å². The van der Waals surface area contributed by atoms with Crippen LogP contribution >= 0.6 is 23.1 Å². The second kappa shape index (κ2) is 4.89. The summed E-state index contributed by atoms with van der Waals surface area (Å²) in [5.41, 5.74) is 1.93. The average Bonchev–Trinajstić information content (AvgIpc) is 2.65. The first-order valence-corrected chi connectivity index (χ1v) is 7.58. The minimum atomic E-state index is 0.509. The summed E-state index contributed by atoms with van der Waals surface area (Å²) in [7, 11) is 0. The molecule has 1 nitrogen and oxygen atoms in total. The van der Waals surface area contributed by atoms with Crippen LogP contribution in [0.25, 0.3) is 0 Å². The van der Waals surface area contributed by atoms with Crippen molar-refractivity contribution in [3.05, 3.63) is 22.4 Å². The molecule has 0 bridgehead atoms. The highest BCUT2D eigenvalue weighted by Gasteiger charge is 2.27. The molecule has 84 valence electrons. The molecule has 0 amide bonds. The maximum Gasteiger partial charge on any atom is 0.0216 e. The van der Waals surface area contributed by atoms with Crippen LogP contribution in [0.2, 0.25) is 0 Å². The Bertz CT molecular complexity index is 293. The van der Waals surface area contributed by atoms with E-state index < -0.39 is 0 Å². The molecule has 2 rings (SSSR count). The van der Waals surface area contributed by atoms with Gasteiger partial charge in [-0.15, -0.1) is 0 Å². The number of nitrogens with one attached hydrogen (secondary N) is 1. The van der Waals surface area contributed by atoms with E-state index >= 15 is 0 Å². The lowest BCUT2D eigenvalue weighted by Crippen LogP contribution is -2.39. The third kappa shape index (κ3) is 3.51. The lowest BCUT2D eigenvalue weighted by Gasteiger charge is -2.35. The summed E-state index contributed by atoms with van der Waals surface area (Å²) in [4.78, 5) is 0. The molecule has 0 aromatic carbocycles. The average molecular weight is 241 g/mol. The molecule has 1 unspecified atom stereocenters. The van der Waals surface area contributed by atoms with Gasteiger partial charge in [-0.1, -0.05) is 13.8 Å². The second-order valence-electron chi connectivity index (χ2n) is 5.09. The Balaban J connectivity index is 1.80. The zero-order chi connectivity index (χ0) is 10.7. The molecular formula is C12H19NS2. The minimum Gasteiger partial charge on any atom is -0.309 e. The van der Waals surface area contributed by atoms with Gasteiger partial charge in [-0.05, 0) is 40.0 Å². The highest BCUT2D eigenvalue weighted by molar-refractivity contribution is 7.99. The van der Waals surface area contributed by atoms with E-state index in [4.69, 9.17) is 0 Å². The monoisotopic (exact) mass is 241 g/mol. The van der Waals surface area contributed by atoms with Crippen LogP contribution in [0.5, 0.6) is 0 Å². The molecule has 0 spiro atoms. The first-order chi connectivity index (χ1) is 7.16. The smallest absolute Gasteiger partial charge is 0.0216 e. The molecule has 1 aliphatic rings. The Labute approximate surface area is 101 Å². The number of thiophene rings is 1. The van der Waals surface area contributed by atoms with Crippen molar-refractivity contribution >= 4 is 23.1 Å². The normalized spacial score (nSPS) is 25.3. The van der Waals surface area contributed by atoms with E-state index in [0.717, 1.165) is 6.54 Å². The van der Waals surface area contributed by atoms with Crippen molar-refractivity contribution in [3.63, 3.8) is 0 Å². The Hall–Kier alpha value is 0.01000. The van der Waals surface area contributed by atoms with Gasteiger partial charge in [-0.2, -0.15) is 23.1 Å². The van der Waals surface area contributed by atoms with Gasteiger partial charge >= 0.3 is 0 Å². The highest BCUT2D eigenvalue weighted by atomic mass is 32.2. The number of rotatable bonds is 3. The molecule has 1 atom stereocenters. The molecule has 15 heavy (non-hydrogen) atoms. The lowest BCUT2D eigenvalue weighted by molar-refractivity contribution is 0.317. The fourth-order valence-corrected chi connectivity index (χ4v) is 4.03. The third-order valence-electron chi connectivity index (χ3n) is 2.79. The van der Waals surface area contributed by atoms with E-state index in [1.165, 1.54) is 23.5 Å². The van der Waals surface area contributed by atoms with Crippen molar-refractivity contribution in [2.45, 2.75) is 32.9 Å². The zero-order valence-electron chi connectivity index (χ0n) is 9.45. The quantitative estimate of drug-likeness (QED) is 0.871. The molecule has 0 aliphatic carbocycles. The first-order valence-electron chi connectivity index (χ1n) is 5.48. The molecular weight excluding hydrogens is 222 g/mol. The highest BCUT2D eigenvalue weighted by Crippen LogP contribution is 2.33. The van der Waals surface area contributed by atoms with Crippen LogP contribution in [-0.4, -0.2) is 17.5 Å². The summed E-state index contributed by atoms with van der Waals surface area (Å²) in [6.07, 6.45) is 1.31. The van der Waals surface area contributed by atoms with Gasteiger partial charge in [-0.3, -0.25) is 0 Å². The number of hydrogen-bond donors (Lipinski definition) is 1. The lowest BCUT2D eigenvalue weighted by atomic mass is 9.88. The van der Waals surface area contributed by atoms with Gasteiger partial charge in [0.1, 0.15) is 0 Å². The van der Waals surface area contributed by atoms with Crippen LogP contribution in [0.4, 0.5) is 0 Å². The molecule has 1 aromatic heterocycles. The molecule has 1 saturated heterocycles. The summed E-state index contributed by atoms with van der Waals surface area (Å²) >= 11 is 3.87. The maximum atomic E-state index is 3.67. The molecule has 3 heteroatoms. The standard InChI is InChI=1S/C12H19NS2/c1-12(2)5-11(8-15-9-12)13-6-10-3-4-14-7-10/h3-4,7,11,13H,5-6,8-9H2,1-2H3. The maximum absolute atomic E-state index is 3.67. The fourth-order valence-electron chi connectivity index (χ4n) is 2.05. The molecule has 2 heterocycles. The summed E-state index contributed by atoms with van der Waals surface area (Å²) in [5.74, 6) is 2.58. The van der Waals surface area contributed by atoms with Gasteiger partial charge in [0.05, 0.1) is 0 Å². The number of hydrogen-bond acceptors (Lipinski definition) is 3. The van der Waals surface area contributed by atoms with E-state index in [1.807, 2.05) is 0 Å². The van der Waals surface area contributed by atoms with Crippen LogP contribution in [0.3, 0.4) is 0 Å². The summed E-state index contributed by atoms with van der Waals surface area (Å²) in [6.45, 7) is 5.78. The van der Waals surface area contributed by atoms with Crippen LogP contribution in [0, 0.1) is 5.41 Å². The second-order valence-corrected chi connectivity index (χ2v) is 6.90. The van der Waals surface area contributed by atoms with Crippen molar-refractivity contribution in [2.24, 2.45) is 5.41 Å². The van der Waals surface area contributed by atoms with Crippen molar-refractivity contribution in [1.29, 1.82) is 0 Å². The van der Waals surface area contributed by atoms with Gasteiger partial charge in [-0.25, -0.2) is 0 Å². The van der Waals surface area contributed by atoms with Gasteiger partial charge in [0.15, 0.2) is 0 Å². The Morgan fingerprint density at radius 2 is 2.40 bits per heavy atom. The van der Waals surface area contributed by atoms with Crippen molar-refractivity contribution in [2.75, 3.05) is 11.5 Å². The zero-order valence-corrected chi connectivity index (χ0v) is 11.1. The van der Waals surface area contributed by atoms with Crippen molar-refractivity contribution < 1.29 is 0 Å². The minimum absolute atomic E-state index is 0.509. The molecule has 0 radical (unpaired) electrons. The van der Waals surface area contributed by atoms with Crippen LogP contribution in [-0.2, 0) is 6.54 Å². The van der Waals surface area contributed by atoms with Crippen LogP contribution in [0.1, 0.15) is 25.8 Å². The van der Waals surface area contributed by atoms with Crippen molar-refractivity contribution in [3.8, 4) is 0 Å². The summed E-state index contributed by atoms with van der Waals surface area (Å²) in [6, 6.07) is 2.90. The van der Waals surface area contributed by atoms with E-state index in [2.05, 4.69) is 47.8 Å². The molecule has 1 fully saturated rings. The predicted octanol–water partition coefficient (Wildman–Crippen LogP) is 3.37. The topological polar surface area (TPSA) is 12.0 Å². The fraction of sp³-hybridized carbons (Fsp3) is 0.667. The molecule has 1 aromatic rings. The summed E-state index contributed by atoms with van der Waals surface area (Å²) in [5, 5.41) is 8.05. The molecule has 1 aliphatic heterocycles. The van der Waals surface area contributed by atoms with Gasteiger partial charge in [0.2, 0.25) is 0 Å². The molecule has 1 N–H and O–H groups in total. The Morgan fingerprint density at radius 1 is 1.53 bits per heavy atom. The van der Waals surface area contributed by atoms with Crippen molar-refractivity contribution in [1.82, 2.24) is 5.32 Å². The van der Waals surface area contributed by atoms with E-state index in [1.54, 1.807) is 11.3 Å². The van der Waals surface area contributed by atoms with Gasteiger partial charge < -0.3 is 5.32 Å². The largest absolute Gasteiger partial charge is 0.309 e. The Kier molecular flexibility index (Phi) is 3.75. The van der Waals surface area contributed by atoms with Crippen LogP contribution < -0.4 is 5.32 Å². The predicted molar refractivity (Wildman–Crippen MR) is 70.7 cm³/mol. The van der Waals surface area contributed by atoms with Gasteiger partial charge in [0.25, 0.3) is 0 Å². The SMILES string of the molecule is CC1(C)CSCC(NCc2ccsc2)C1. The number of thioether (sulfide) groups is 1. The van der Waals surface area contributed by atoms with E-state index in [-0.39, 0.29) is 0 Å². The van der Waals surface area contributed by atoms with E-state index in [9.17, 15) is 0 Å². The van der Waals surface area contributed by atoms with E-state index in [0.29, 0.717) is 11.5 Å². The molecule has 0 saturated carbocycles. The van der Waals surface area contributed by atoms with Gasteiger partial charge in [0, 0.05) is 18.3 Å².